The van der Waals surface area contributed by atoms with Gasteiger partial charge in [-0.25, -0.2) is 22.4 Å². The molecule has 1 aliphatic carbocycles. The fourth-order valence-corrected chi connectivity index (χ4v) is 5.06. The standard InChI is InChI=1S/C23H25F4N3O2/c24-18-10-14(11-19(25)21(18)32-17-5-7-23(26,27)8-6-17)3-4-15-12-20-29-9-1-2-16(29)13-30(20)22(31)28-15/h10-12,16-17H,1-9,13H2/t16-/m0/s1. The van der Waals surface area contributed by atoms with Crippen LogP contribution in [0.1, 0.15) is 49.8 Å². The molecule has 0 amide bonds. The Morgan fingerprint density at radius 2 is 1.78 bits per heavy atom. The molecule has 0 radical (unpaired) electrons. The molecule has 2 aromatic rings. The van der Waals surface area contributed by atoms with Gasteiger partial charge in [0.15, 0.2) is 17.4 Å². The number of rotatable bonds is 5. The first kappa shape index (κ1) is 21.3. The van der Waals surface area contributed by atoms with Gasteiger partial charge in [-0.15, -0.1) is 0 Å². The molecule has 3 heterocycles. The van der Waals surface area contributed by atoms with E-state index >= 15 is 0 Å². The summed E-state index contributed by atoms with van der Waals surface area (Å²) in [7, 11) is 0. The highest BCUT2D eigenvalue weighted by Crippen LogP contribution is 2.36. The average Bonchev–Trinajstić information content (AvgIpc) is 3.33. The number of benzene rings is 1. The fourth-order valence-electron chi connectivity index (χ4n) is 5.06. The minimum atomic E-state index is -2.73. The predicted molar refractivity (Wildman–Crippen MR) is 110 cm³/mol. The van der Waals surface area contributed by atoms with E-state index < -0.39 is 29.4 Å². The lowest BCUT2D eigenvalue weighted by molar-refractivity contribution is -0.0590. The van der Waals surface area contributed by atoms with Crippen molar-refractivity contribution in [1.29, 1.82) is 0 Å². The Hall–Kier alpha value is -2.58. The van der Waals surface area contributed by atoms with Crippen LogP contribution in [-0.2, 0) is 19.4 Å². The summed E-state index contributed by atoms with van der Waals surface area (Å²) < 4.78 is 62.7. The van der Waals surface area contributed by atoms with E-state index in [0.29, 0.717) is 36.7 Å². The molecule has 32 heavy (non-hydrogen) atoms. The van der Waals surface area contributed by atoms with Crippen molar-refractivity contribution in [3.63, 3.8) is 0 Å². The molecule has 5 rings (SSSR count). The molecule has 1 aromatic heterocycles. The number of fused-ring (bicyclic) bond motifs is 3. The highest BCUT2D eigenvalue weighted by atomic mass is 19.3. The Bertz CT molecular complexity index is 1050. The maximum Gasteiger partial charge on any atom is 0.349 e. The molecule has 3 aliphatic rings. The molecule has 1 saturated carbocycles. The highest BCUT2D eigenvalue weighted by molar-refractivity contribution is 5.46. The molecule has 0 N–H and O–H groups in total. The fraction of sp³-hybridized carbons (Fsp3) is 0.565. The first-order valence-corrected chi connectivity index (χ1v) is 11.2. The van der Waals surface area contributed by atoms with E-state index in [1.165, 1.54) is 12.1 Å². The van der Waals surface area contributed by atoms with Gasteiger partial charge >= 0.3 is 5.69 Å². The number of ether oxygens (including phenoxy) is 1. The number of aryl methyl sites for hydroxylation is 2. The summed E-state index contributed by atoms with van der Waals surface area (Å²) >= 11 is 0. The van der Waals surface area contributed by atoms with E-state index in [1.54, 1.807) is 4.57 Å². The van der Waals surface area contributed by atoms with Gasteiger partial charge in [-0.05, 0) is 56.2 Å². The number of halogens is 4. The minimum Gasteiger partial charge on any atom is -0.484 e. The maximum atomic E-state index is 14.5. The van der Waals surface area contributed by atoms with E-state index in [4.69, 9.17) is 4.74 Å². The summed E-state index contributed by atoms with van der Waals surface area (Å²) in [5.74, 6) is -4.07. The molecule has 0 bridgehead atoms. The van der Waals surface area contributed by atoms with Gasteiger partial charge in [-0.1, -0.05) is 0 Å². The number of anilines is 1. The maximum absolute atomic E-state index is 14.5. The van der Waals surface area contributed by atoms with Crippen LogP contribution in [0.25, 0.3) is 0 Å². The van der Waals surface area contributed by atoms with Gasteiger partial charge in [0, 0.05) is 38.0 Å². The quantitative estimate of drug-likeness (QED) is 0.638. The highest BCUT2D eigenvalue weighted by Gasteiger charge is 2.36. The molecule has 0 unspecified atom stereocenters. The molecule has 1 saturated heterocycles. The molecule has 1 aromatic carbocycles. The van der Waals surface area contributed by atoms with E-state index in [1.807, 2.05) is 6.07 Å². The van der Waals surface area contributed by atoms with E-state index in [9.17, 15) is 22.4 Å². The summed E-state index contributed by atoms with van der Waals surface area (Å²) in [4.78, 5) is 18.8. The smallest absolute Gasteiger partial charge is 0.349 e. The zero-order valence-corrected chi connectivity index (χ0v) is 17.6. The monoisotopic (exact) mass is 451 g/mol. The number of hydrogen-bond donors (Lipinski definition) is 0. The Labute approximate surface area is 183 Å². The van der Waals surface area contributed by atoms with Crippen LogP contribution >= 0.6 is 0 Å². The number of nitrogens with zero attached hydrogens (tertiary/aromatic N) is 3. The molecule has 2 fully saturated rings. The average molecular weight is 451 g/mol. The largest absolute Gasteiger partial charge is 0.484 e. The summed E-state index contributed by atoms with van der Waals surface area (Å²) in [5, 5.41) is 0. The van der Waals surface area contributed by atoms with Crippen LogP contribution in [-0.4, -0.2) is 34.2 Å². The Morgan fingerprint density at radius 1 is 1.06 bits per heavy atom. The molecule has 172 valence electrons. The van der Waals surface area contributed by atoms with Crippen molar-refractivity contribution in [2.75, 3.05) is 11.4 Å². The Balaban J connectivity index is 1.26. The third-order valence-electron chi connectivity index (χ3n) is 6.78. The van der Waals surface area contributed by atoms with Gasteiger partial charge in [-0.2, -0.15) is 4.98 Å². The Morgan fingerprint density at radius 3 is 2.50 bits per heavy atom. The second kappa shape index (κ2) is 8.08. The van der Waals surface area contributed by atoms with E-state index in [2.05, 4.69) is 9.88 Å². The van der Waals surface area contributed by atoms with Crippen LogP contribution in [0.15, 0.2) is 23.0 Å². The van der Waals surface area contributed by atoms with Crippen molar-refractivity contribution in [3.8, 4) is 5.75 Å². The predicted octanol–water partition coefficient (Wildman–Crippen LogP) is 4.25. The van der Waals surface area contributed by atoms with E-state index in [0.717, 1.165) is 25.2 Å². The van der Waals surface area contributed by atoms with Crippen molar-refractivity contribution in [1.82, 2.24) is 9.55 Å². The second-order valence-electron chi connectivity index (χ2n) is 9.05. The summed E-state index contributed by atoms with van der Waals surface area (Å²) in [6, 6.07) is 4.65. The zero-order chi connectivity index (χ0) is 22.5. The molecule has 1 atom stereocenters. The van der Waals surface area contributed by atoms with Crippen molar-refractivity contribution < 1.29 is 22.3 Å². The lowest BCUT2D eigenvalue weighted by atomic mass is 9.94. The zero-order valence-electron chi connectivity index (χ0n) is 17.6. The van der Waals surface area contributed by atoms with Gasteiger partial charge in [-0.3, -0.25) is 4.57 Å². The lowest BCUT2D eigenvalue weighted by Gasteiger charge is -2.28. The molecular formula is C23H25F4N3O2. The van der Waals surface area contributed by atoms with Crippen molar-refractivity contribution in [2.24, 2.45) is 0 Å². The molecule has 0 spiro atoms. The first-order valence-electron chi connectivity index (χ1n) is 11.2. The van der Waals surface area contributed by atoms with Gasteiger partial charge in [0.05, 0.1) is 11.8 Å². The number of alkyl halides is 2. The SMILES string of the molecule is O=c1nc(CCc2cc(F)c(OC3CCC(F)(F)CC3)c(F)c2)cc2n1C[C@@H]1CCCN21. The normalized spacial score (nSPS) is 22.1. The van der Waals surface area contributed by atoms with Gasteiger partial charge in [0.1, 0.15) is 5.82 Å². The molecule has 2 aliphatic heterocycles. The number of hydrogen-bond acceptors (Lipinski definition) is 4. The van der Waals surface area contributed by atoms with Crippen LogP contribution in [0.4, 0.5) is 23.4 Å². The van der Waals surface area contributed by atoms with Crippen LogP contribution in [0.2, 0.25) is 0 Å². The first-order chi connectivity index (χ1) is 15.3. The summed E-state index contributed by atoms with van der Waals surface area (Å²) in [5.41, 5.74) is 0.730. The van der Waals surface area contributed by atoms with Crippen molar-refractivity contribution >= 4 is 5.82 Å². The van der Waals surface area contributed by atoms with E-state index in [-0.39, 0.29) is 31.4 Å². The molecule has 9 heteroatoms. The van der Waals surface area contributed by atoms with Gasteiger partial charge in [0.2, 0.25) is 5.92 Å². The second-order valence-corrected chi connectivity index (χ2v) is 9.05. The number of aromatic nitrogens is 2. The van der Waals surface area contributed by atoms with Crippen LogP contribution in [0.3, 0.4) is 0 Å². The van der Waals surface area contributed by atoms with Crippen LogP contribution < -0.4 is 15.3 Å². The summed E-state index contributed by atoms with van der Waals surface area (Å²) in [6.07, 6.45) is 1.66. The van der Waals surface area contributed by atoms with Crippen LogP contribution in [0.5, 0.6) is 5.75 Å². The lowest BCUT2D eigenvalue weighted by Crippen LogP contribution is -2.31. The third-order valence-corrected chi connectivity index (χ3v) is 6.78. The summed E-state index contributed by atoms with van der Waals surface area (Å²) in [6.45, 7) is 1.59. The van der Waals surface area contributed by atoms with Gasteiger partial charge in [0.25, 0.3) is 0 Å². The third kappa shape index (κ3) is 4.09. The van der Waals surface area contributed by atoms with Crippen molar-refractivity contribution in [2.45, 2.75) is 76.0 Å². The van der Waals surface area contributed by atoms with Crippen LogP contribution in [0, 0.1) is 11.6 Å². The minimum absolute atomic E-state index is 0.0606. The molecular weight excluding hydrogens is 426 g/mol. The van der Waals surface area contributed by atoms with Gasteiger partial charge < -0.3 is 9.64 Å². The Kier molecular flexibility index (Phi) is 5.37. The van der Waals surface area contributed by atoms with Crippen molar-refractivity contribution in [3.05, 3.63) is 51.6 Å². The topological polar surface area (TPSA) is 47.4 Å². The molecule has 5 nitrogen and oxygen atoms in total.